The topological polar surface area (TPSA) is 121 Å². The SMILES string of the molecule is COc1ccc2c3c1OC1C(OC(=O)C(C)OC(=O)CCN)=CCC4(O)C(C2)N(C)CCC314. The van der Waals surface area contributed by atoms with Gasteiger partial charge in [-0.15, -0.1) is 0 Å². The third-order valence-electron chi connectivity index (χ3n) is 7.77. The molecule has 1 aromatic rings. The molecule has 0 saturated carbocycles. The number of ether oxygens (including phenoxy) is 4. The Bertz CT molecular complexity index is 1040. The molecule has 9 nitrogen and oxygen atoms in total. The fourth-order valence-corrected chi connectivity index (χ4v) is 6.21. The van der Waals surface area contributed by atoms with E-state index in [1.807, 2.05) is 19.2 Å². The molecule has 4 aliphatic rings. The number of nitrogens with two attached hydrogens (primary N) is 1. The monoisotopic (exact) mass is 458 g/mol. The maximum absolute atomic E-state index is 12.8. The Labute approximate surface area is 192 Å². The van der Waals surface area contributed by atoms with E-state index in [0.29, 0.717) is 36.5 Å². The molecule has 1 saturated heterocycles. The molecule has 1 spiro atoms. The molecule has 5 rings (SSSR count). The third kappa shape index (κ3) is 2.95. The number of carbonyl (C=O) groups excluding carboxylic acids is 2. The number of rotatable bonds is 6. The average Bonchev–Trinajstić information content (AvgIpc) is 3.13. The van der Waals surface area contributed by atoms with Crippen LogP contribution in [0, 0.1) is 0 Å². The number of piperidine rings is 1. The second kappa shape index (κ2) is 7.72. The first-order valence-electron chi connectivity index (χ1n) is 11.4. The van der Waals surface area contributed by atoms with Gasteiger partial charge in [0.15, 0.2) is 23.7 Å². The lowest BCUT2D eigenvalue weighted by atomic mass is 9.50. The fourth-order valence-electron chi connectivity index (χ4n) is 6.21. The third-order valence-corrected chi connectivity index (χ3v) is 7.77. The summed E-state index contributed by atoms with van der Waals surface area (Å²) in [6.07, 6.45) is 1.66. The number of nitrogens with zero attached hydrogens (tertiary/aromatic N) is 1. The number of hydrogen-bond acceptors (Lipinski definition) is 9. The summed E-state index contributed by atoms with van der Waals surface area (Å²) in [6, 6.07) is 3.84. The maximum Gasteiger partial charge on any atom is 0.352 e. The number of benzene rings is 1. The summed E-state index contributed by atoms with van der Waals surface area (Å²) < 4.78 is 22.9. The summed E-state index contributed by atoms with van der Waals surface area (Å²) in [4.78, 5) is 26.7. The van der Waals surface area contributed by atoms with E-state index in [2.05, 4.69) is 4.90 Å². The van der Waals surface area contributed by atoms with Crippen LogP contribution in [-0.2, 0) is 30.9 Å². The van der Waals surface area contributed by atoms with Crippen molar-refractivity contribution in [3.05, 3.63) is 35.1 Å². The second-order valence-electron chi connectivity index (χ2n) is 9.38. The zero-order valence-electron chi connectivity index (χ0n) is 19.1. The molecule has 2 heterocycles. The molecule has 2 bridgehead atoms. The van der Waals surface area contributed by atoms with Crippen molar-refractivity contribution in [3.63, 3.8) is 0 Å². The quantitative estimate of drug-likeness (QED) is 0.596. The molecule has 1 aromatic carbocycles. The van der Waals surface area contributed by atoms with E-state index in [1.54, 1.807) is 13.2 Å². The molecule has 2 aliphatic heterocycles. The molecule has 5 atom stereocenters. The van der Waals surface area contributed by atoms with Gasteiger partial charge < -0.3 is 34.7 Å². The first-order chi connectivity index (χ1) is 15.8. The first kappa shape index (κ1) is 22.2. The van der Waals surface area contributed by atoms with Gasteiger partial charge in [-0.3, -0.25) is 4.79 Å². The molecule has 0 aromatic heterocycles. The van der Waals surface area contributed by atoms with Crippen LogP contribution in [-0.4, -0.2) is 73.0 Å². The zero-order valence-corrected chi connectivity index (χ0v) is 19.1. The van der Waals surface area contributed by atoms with Gasteiger partial charge in [0, 0.05) is 24.6 Å². The highest BCUT2D eigenvalue weighted by Gasteiger charge is 2.72. The molecule has 2 aliphatic carbocycles. The Hall–Kier alpha value is -2.62. The van der Waals surface area contributed by atoms with Crippen LogP contribution in [0.25, 0.3) is 0 Å². The number of methoxy groups -OCH3 is 1. The Balaban J connectivity index is 1.53. The van der Waals surface area contributed by atoms with Crippen LogP contribution in [0.5, 0.6) is 11.5 Å². The highest BCUT2D eigenvalue weighted by atomic mass is 16.6. The summed E-state index contributed by atoms with van der Waals surface area (Å²) in [5, 5.41) is 12.2. The lowest BCUT2D eigenvalue weighted by molar-refractivity contribution is -0.175. The minimum atomic E-state index is -1.09. The number of likely N-dealkylation sites (N-methyl/N-ethyl adjacent to an activating group) is 1. The summed E-state index contributed by atoms with van der Waals surface area (Å²) in [6.45, 7) is 2.38. The van der Waals surface area contributed by atoms with Crippen molar-refractivity contribution < 1.29 is 33.6 Å². The second-order valence-corrected chi connectivity index (χ2v) is 9.38. The molecular weight excluding hydrogens is 428 g/mol. The molecule has 178 valence electrons. The minimum Gasteiger partial charge on any atom is -0.493 e. The van der Waals surface area contributed by atoms with Gasteiger partial charge in [-0.25, -0.2) is 4.79 Å². The van der Waals surface area contributed by atoms with Gasteiger partial charge in [-0.1, -0.05) is 6.07 Å². The molecular formula is C24H30N2O7. The van der Waals surface area contributed by atoms with Gasteiger partial charge in [0.25, 0.3) is 0 Å². The maximum atomic E-state index is 12.8. The molecule has 3 N–H and O–H groups in total. The summed E-state index contributed by atoms with van der Waals surface area (Å²) in [7, 11) is 3.62. The van der Waals surface area contributed by atoms with E-state index in [-0.39, 0.29) is 19.0 Å². The summed E-state index contributed by atoms with van der Waals surface area (Å²) in [5.74, 6) is 0.276. The molecule has 9 heteroatoms. The highest BCUT2D eigenvalue weighted by Crippen LogP contribution is 2.65. The Kier molecular flexibility index (Phi) is 5.19. The van der Waals surface area contributed by atoms with Crippen LogP contribution < -0.4 is 15.2 Å². The van der Waals surface area contributed by atoms with Gasteiger partial charge in [0.05, 0.1) is 24.5 Å². The van der Waals surface area contributed by atoms with Crippen molar-refractivity contribution in [2.24, 2.45) is 5.73 Å². The Morgan fingerprint density at radius 3 is 2.91 bits per heavy atom. The number of esters is 2. The molecule has 0 amide bonds. The van der Waals surface area contributed by atoms with Crippen LogP contribution in [0.15, 0.2) is 24.0 Å². The van der Waals surface area contributed by atoms with Crippen molar-refractivity contribution in [2.45, 2.75) is 61.9 Å². The number of hydrogen-bond donors (Lipinski definition) is 2. The van der Waals surface area contributed by atoms with Gasteiger partial charge in [0.2, 0.25) is 0 Å². The van der Waals surface area contributed by atoms with Crippen LogP contribution in [0.2, 0.25) is 0 Å². The van der Waals surface area contributed by atoms with Gasteiger partial charge in [-0.05, 0) is 51.1 Å². The Morgan fingerprint density at radius 1 is 1.39 bits per heavy atom. The van der Waals surface area contributed by atoms with Gasteiger partial charge in [0.1, 0.15) is 5.76 Å². The van der Waals surface area contributed by atoms with Crippen molar-refractivity contribution in [1.29, 1.82) is 0 Å². The van der Waals surface area contributed by atoms with E-state index in [1.165, 1.54) is 6.92 Å². The first-order valence-corrected chi connectivity index (χ1v) is 11.4. The lowest BCUT2D eigenvalue weighted by Gasteiger charge is -2.61. The van der Waals surface area contributed by atoms with Crippen molar-refractivity contribution >= 4 is 11.9 Å². The Morgan fingerprint density at radius 2 is 2.18 bits per heavy atom. The van der Waals surface area contributed by atoms with E-state index < -0.39 is 35.2 Å². The van der Waals surface area contributed by atoms with Crippen molar-refractivity contribution in [1.82, 2.24) is 4.90 Å². The standard InChI is InChI=1S/C24H30N2O7/c1-13(31-18(27)7-10-25)22(28)32-16-6-8-24(29)17-12-14-4-5-15(30-3)20-19(14)23(24,21(16)33-20)9-11-26(17)2/h4-6,13,17,21,29H,7-12,25H2,1-3H3. The predicted molar refractivity (Wildman–Crippen MR) is 117 cm³/mol. The van der Waals surface area contributed by atoms with Crippen molar-refractivity contribution in [3.8, 4) is 11.5 Å². The largest absolute Gasteiger partial charge is 0.493 e. The van der Waals surface area contributed by atoms with E-state index in [9.17, 15) is 14.7 Å². The van der Waals surface area contributed by atoms with Crippen LogP contribution >= 0.6 is 0 Å². The van der Waals surface area contributed by atoms with Gasteiger partial charge >= 0.3 is 11.9 Å². The highest BCUT2D eigenvalue weighted by molar-refractivity contribution is 5.80. The predicted octanol–water partition coefficient (Wildman–Crippen LogP) is 0.797. The smallest absolute Gasteiger partial charge is 0.352 e. The van der Waals surface area contributed by atoms with E-state index in [4.69, 9.17) is 24.7 Å². The van der Waals surface area contributed by atoms with Crippen LogP contribution in [0.3, 0.4) is 0 Å². The van der Waals surface area contributed by atoms with Crippen LogP contribution in [0.4, 0.5) is 0 Å². The number of aliphatic hydroxyl groups is 1. The molecule has 33 heavy (non-hydrogen) atoms. The fraction of sp³-hybridized carbons (Fsp3) is 0.583. The minimum absolute atomic E-state index is 0.0228. The molecule has 5 unspecified atom stereocenters. The lowest BCUT2D eigenvalue weighted by Crippen LogP contribution is -2.74. The number of carbonyl (C=O) groups is 2. The normalized spacial score (nSPS) is 32.2. The van der Waals surface area contributed by atoms with Crippen molar-refractivity contribution in [2.75, 3.05) is 27.2 Å². The summed E-state index contributed by atoms with van der Waals surface area (Å²) >= 11 is 0. The average molecular weight is 459 g/mol. The van der Waals surface area contributed by atoms with Gasteiger partial charge in [-0.2, -0.15) is 0 Å². The summed E-state index contributed by atoms with van der Waals surface area (Å²) in [5.41, 5.74) is 5.61. The molecule has 0 radical (unpaired) electrons. The van der Waals surface area contributed by atoms with E-state index >= 15 is 0 Å². The van der Waals surface area contributed by atoms with Crippen LogP contribution in [0.1, 0.15) is 37.3 Å². The number of likely N-dealkylation sites (tertiary alicyclic amines) is 1. The zero-order chi connectivity index (χ0) is 23.5. The molecule has 1 fully saturated rings. The van der Waals surface area contributed by atoms with E-state index in [0.717, 1.165) is 17.7 Å².